The van der Waals surface area contributed by atoms with Gasteiger partial charge in [0.05, 0.1) is 24.1 Å². The van der Waals surface area contributed by atoms with Crippen LogP contribution in [-0.2, 0) is 19.1 Å². The third-order valence-corrected chi connectivity index (χ3v) is 6.93. The Hall–Kier alpha value is -4.01. The molecule has 0 spiro atoms. The highest BCUT2D eigenvalue weighted by Gasteiger charge is 2.33. The van der Waals surface area contributed by atoms with Crippen molar-refractivity contribution in [2.24, 2.45) is 0 Å². The lowest BCUT2D eigenvalue weighted by molar-refractivity contribution is -0.140. The van der Waals surface area contributed by atoms with E-state index in [1.54, 1.807) is 19.1 Å². The summed E-state index contributed by atoms with van der Waals surface area (Å²) < 4.78 is 10.4. The van der Waals surface area contributed by atoms with Crippen LogP contribution in [0.15, 0.2) is 96.2 Å². The number of amides is 1. The summed E-state index contributed by atoms with van der Waals surface area (Å²) in [5.74, 6) is -1.02. The van der Waals surface area contributed by atoms with Gasteiger partial charge in [-0.2, -0.15) is 0 Å². The second-order valence-corrected chi connectivity index (χ2v) is 9.32. The monoisotopic (exact) mass is 529 g/mol. The smallest absolute Gasteiger partial charge is 0.338 e. The fourth-order valence-electron chi connectivity index (χ4n) is 4.40. The Bertz CT molecular complexity index is 1270. The average Bonchev–Trinajstić information content (AvgIpc) is 2.93. The lowest BCUT2D eigenvalue weighted by Crippen LogP contribution is -2.46. The first-order chi connectivity index (χ1) is 18.4. The normalized spacial score (nSPS) is 15.3. The molecule has 2 N–H and O–H groups in total. The van der Waals surface area contributed by atoms with Gasteiger partial charge in [0.2, 0.25) is 5.91 Å². The number of carbonyl (C=O) groups is 2. The number of thiocarbonyl (C=S) groups is 1. The van der Waals surface area contributed by atoms with Gasteiger partial charge >= 0.3 is 5.97 Å². The Labute approximate surface area is 228 Å². The molecule has 0 saturated carbocycles. The predicted molar refractivity (Wildman–Crippen MR) is 152 cm³/mol. The van der Waals surface area contributed by atoms with Crippen LogP contribution in [0.2, 0.25) is 0 Å². The molecule has 0 bridgehead atoms. The molecule has 0 radical (unpaired) electrons. The molecule has 4 rings (SSSR count). The first-order valence-electron chi connectivity index (χ1n) is 12.3. The number of hydrogen-bond donors (Lipinski definition) is 2. The Morgan fingerprint density at radius 3 is 2.08 bits per heavy atom. The summed E-state index contributed by atoms with van der Waals surface area (Å²) in [6.45, 7) is 2.31. The zero-order chi connectivity index (χ0) is 27.1. The highest BCUT2D eigenvalue weighted by Crippen LogP contribution is 2.32. The summed E-state index contributed by atoms with van der Waals surface area (Å²) in [6, 6.07) is 26.3. The van der Waals surface area contributed by atoms with Gasteiger partial charge in [-0.3, -0.25) is 4.79 Å². The maximum atomic E-state index is 13.5. The van der Waals surface area contributed by atoms with Crippen molar-refractivity contribution in [2.75, 3.05) is 32.7 Å². The molecular formula is C30H31N3O4S. The van der Waals surface area contributed by atoms with Crippen LogP contribution in [0.3, 0.4) is 0 Å². The molecule has 3 aromatic carbocycles. The number of allylic oxidation sites excluding steroid dienone is 1. The van der Waals surface area contributed by atoms with Crippen molar-refractivity contribution in [3.63, 3.8) is 0 Å². The van der Waals surface area contributed by atoms with Crippen molar-refractivity contribution < 1.29 is 19.1 Å². The molecule has 8 heteroatoms. The summed E-state index contributed by atoms with van der Waals surface area (Å²) in [5, 5.41) is 6.79. The van der Waals surface area contributed by atoms with Crippen LogP contribution in [0, 0.1) is 0 Å². The highest BCUT2D eigenvalue weighted by molar-refractivity contribution is 7.80. The number of esters is 1. The molecule has 1 aliphatic rings. The van der Waals surface area contributed by atoms with E-state index >= 15 is 0 Å². The number of anilines is 1. The molecule has 0 saturated heterocycles. The van der Waals surface area contributed by atoms with Crippen molar-refractivity contribution >= 4 is 34.9 Å². The fraction of sp³-hybridized carbons (Fsp3) is 0.233. The van der Waals surface area contributed by atoms with Gasteiger partial charge in [-0.15, -0.1) is 0 Å². The van der Waals surface area contributed by atoms with Crippen LogP contribution < -0.4 is 10.6 Å². The van der Waals surface area contributed by atoms with E-state index in [0.717, 1.165) is 16.7 Å². The van der Waals surface area contributed by atoms with Crippen LogP contribution in [0.5, 0.6) is 0 Å². The van der Waals surface area contributed by atoms with Gasteiger partial charge in [-0.05, 0) is 48.0 Å². The van der Waals surface area contributed by atoms with Crippen LogP contribution in [0.25, 0.3) is 0 Å². The molecule has 196 valence electrons. The second-order valence-electron chi connectivity index (χ2n) is 8.93. The Balaban J connectivity index is 1.57. The zero-order valence-corrected chi connectivity index (χ0v) is 22.5. The van der Waals surface area contributed by atoms with Gasteiger partial charge in [0.25, 0.3) is 0 Å². The van der Waals surface area contributed by atoms with Gasteiger partial charge in [0.15, 0.2) is 5.11 Å². The Morgan fingerprint density at radius 2 is 1.53 bits per heavy atom. The number of nitrogens with one attached hydrogen (secondary N) is 2. The van der Waals surface area contributed by atoms with Gasteiger partial charge < -0.3 is 25.0 Å². The molecular weight excluding hydrogens is 498 g/mol. The largest absolute Gasteiger partial charge is 0.460 e. The summed E-state index contributed by atoms with van der Waals surface area (Å²) in [4.78, 5) is 28.2. The number of benzene rings is 3. The molecule has 0 aromatic heterocycles. The van der Waals surface area contributed by atoms with Gasteiger partial charge in [-0.1, -0.05) is 72.8 Å². The molecule has 38 heavy (non-hydrogen) atoms. The van der Waals surface area contributed by atoms with E-state index in [1.165, 1.54) is 0 Å². The van der Waals surface area contributed by atoms with E-state index in [9.17, 15) is 9.59 Å². The number of rotatable bonds is 9. The molecule has 1 aliphatic heterocycles. The summed E-state index contributed by atoms with van der Waals surface area (Å²) >= 11 is 5.48. The van der Waals surface area contributed by atoms with Crippen LogP contribution >= 0.6 is 12.2 Å². The number of ether oxygens (including phenoxy) is 2. The lowest BCUT2D eigenvalue weighted by Gasteiger charge is -2.35. The van der Waals surface area contributed by atoms with E-state index in [2.05, 4.69) is 10.6 Å². The van der Waals surface area contributed by atoms with Crippen molar-refractivity contribution in [1.29, 1.82) is 0 Å². The first-order valence-corrected chi connectivity index (χ1v) is 12.7. The van der Waals surface area contributed by atoms with Crippen LogP contribution in [0.1, 0.15) is 35.6 Å². The molecule has 0 aliphatic carbocycles. The number of methoxy groups -OCH3 is 1. The Kier molecular flexibility index (Phi) is 8.89. The van der Waals surface area contributed by atoms with Crippen molar-refractivity contribution in [3.05, 3.63) is 113 Å². The quantitative estimate of drug-likeness (QED) is 0.235. The maximum Gasteiger partial charge on any atom is 0.338 e. The number of nitrogens with zero attached hydrogens (tertiary/aromatic N) is 1. The van der Waals surface area contributed by atoms with E-state index < -0.39 is 17.9 Å². The highest BCUT2D eigenvalue weighted by atomic mass is 32.1. The minimum absolute atomic E-state index is 0.133. The maximum absolute atomic E-state index is 13.5. The summed E-state index contributed by atoms with van der Waals surface area (Å²) in [7, 11) is 3.36. The predicted octanol–water partition coefficient (Wildman–Crippen LogP) is 4.78. The SMILES string of the molecule is COCCOC(=O)C1=C(C)N(C)C(=S)NC1c1ccc(NC(=O)C(c2ccccc2)c2ccccc2)cc1. The molecule has 0 fully saturated rings. The van der Waals surface area contributed by atoms with Crippen molar-refractivity contribution in [1.82, 2.24) is 10.2 Å². The van der Waals surface area contributed by atoms with Crippen molar-refractivity contribution in [2.45, 2.75) is 18.9 Å². The van der Waals surface area contributed by atoms with Gasteiger partial charge in [-0.25, -0.2) is 4.79 Å². The van der Waals surface area contributed by atoms with E-state index in [1.807, 2.05) is 91.9 Å². The minimum atomic E-state index is -0.486. The molecule has 7 nitrogen and oxygen atoms in total. The second kappa shape index (κ2) is 12.5. The number of carbonyl (C=O) groups excluding carboxylic acids is 2. The van der Waals surface area contributed by atoms with Gasteiger partial charge in [0, 0.05) is 25.5 Å². The van der Waals surface area contributed by atoms with E-state index in [4.69, 9.17) is 21.7 Å². The molecule has 1 heterocycles. The fourth-order valence-corrected chi connectivity index (χ4v) is 4.66. The van der Waals surface area contributed by atoms with Crippen molar-refractivity contribution in [3.8, 4) is 0 Å². The summed E-state index contributed by atoms with van der Waals surface area (Å²) in [5.41, 5.74) is 4.48. The third-order valence-electron chi connectivity index (χ3n) is 6.53. The van der Waals surface area contributed by atoms with E-state index in [0.29, 0.717) is 28.7 Å². The molecule has 1 atom stereocenters. The minimum Gasteiger partial charge on any atom is -0.460 e. The molecule has 1 unspecified atom stereocenters. The lowest BCUT2D eigenvalue weighted by atomic mass is 9.90. The van der Waals surface area contributed by atoms with Gasteiger partial charge in [0.1, 0.15) is 6.61 Å². The topological polar surface area (TPSA) is 79.9 Å². The van der Waals surface area contributed by atoms with Crippen LogP contribution in [-0.4, -0.2) is 49.3 Å². The standard InChI is InChI=1S/C30H31N3O4S/c1-20-25(29(35)37-19-18-36-3)27(32-30(38)33(20)2)23-14-16-24(17-15-23)31-28(34)26(21-10-6-4-7-11-21)22-12-8-5-9-13-22/h4-17,26-27H,18-19H2,1-3H3,(H,31,34)(H,32,38). The zero-order valence-electron chi connectivity index (χ0n) is 21.6. The number of hydrogen-bond acceptors (Lipinski definition) is 5. The van der Waals surface area contributed by atoms with Crippen LogP contribution in [0.4, 0.5) is 5.69 Å². The third kappa shape index (κ3) is 6.10. The molecule has 1 amide bonds. The average molecular weight is 530 g/mol. The Morgan fingerprint density at radius 1 is 0.947 bits per heavy atom. The molecule has 3 aromatic rings. The van der Waals surface area contributed by atoms with E-state index in [-0.39, 0.29) is 12.5 Å². The summed E-state index contributed by atoms with van der Waals surface area (Å²) in [6.07, 6.45) is 0. The first kappa shape index (κ1) is 27.0.